The van der Waals surface area contributed by atoms with Crippen LogP contribution in [0.5, 0.6) is 0 Å². The summed E-state index contributed by atoms with van der Waals surface area (Å²) in [5.41, 5.74) is 0.979. The first-order valence-corrected chi connectivity index (χ1v) is 4.62. The predicted octanol–water partition coefficient (Wildman–Crippen LogP) is 3.35. The fourth-order valence-corrected chi connectivity index (χ4v) is 1.13. The highest BCUT2D eigenvalue weighted by Crippen LogP contribution is 2.19. The zero-order valence-electron chi connectivity index (χ0n) is 7.23. The van der Waals surface area contributed by atoms with Crippen LogP contribution in [0.2, 0.25) is 5.02 Å². The summed E-state index contributed by atoms with van der Waals surface area (Å²) in [6, 6.07) is 8.51. The summed E-state index contributed by atoms with van der Waals surface area (Å²) >= 11 is 5.92. The Morgan fingerprint density at radius 1 is 1.58 bits per heavy atom. The van der Waals surface area contributed by atoms with E-state index in [4.69, 9.17) is 11.6 Å². The number of halogens is 1. The molecule has 0 saturated heterocycles. The van der Waals surface area contributed by atoms with Gasteiger partial charge in [-0.3, -0.25) is 0 Å². The Balaban J connectivity index is 2.46. The molecule has 12 heavy (non-hydrogen) atoms. The molecule has 0 spiro atoms. The molecule has 0 atom stereocenters. The van der Waals surface area contributed by atoms with Gasteiger partial charge in [-0.25, -0.2) is 0 Å². The summed E-state index contributed by atoms with van der Waals surface area (Å²) in [6.07, 6.45) is 2.37. The molecule has 0 heterocycles. The first kappa shape index (κ1) is 9.40. The van der Waals surface area contributed by atoms with E-state index in [0.717, 1.165) is 17.3 Å². The number of anilines is 1. The standard InChI is InChI=1S/C10H13ClN/c1-2-3-8-12-10-7-5-4-6-9(10)11/h4,6-7,12H,2-3,8H2,1H3. The molecule has 0 aromatic heterocycles. The van der Waals surface area contributed by atoms with E-state index in [1.165, 1.54) is 12.8 Å². The number of hydrogen-bond acceptors (Lipinski definition) is 1. The molecule has 2 heteroatoms. The summed E-state index contributed by atoms with van der Waals surface area (Å²) in [6.45, 7) is 3.15. The molecule has 0 bridgehead atoms. The average molecular weight is 183 g/mol. The monoisotopic (exact) mass is 182 g/mol. The minimum Gasteiger partial charge on any atom is -0.384 e. The van der Waals surface area contributed by atoms with Crippen molar-refractivity contribution in [1.29, 1.82) is 0 Å². The van der Waals surface area contributed by atoms with Crippen LogP contribution in [0.15, 0.2) is 18.2 Å². The highest BCUT2D eigenvalue weighted by Gasteiger charge is 1.95. The molecule has 1 nitrogen and oxygen atoms in total. The van der Waals surface area contributed by atoms with E-state index in [1.54, 1.807) is 0 Å². The van der Waals surface area contributed by atoms with E-state index in [1.807, 2.05) is 18.2 Å². The van der Waals surface area contributed by atoms with Gasteiger partial charge >= 0.3 is 0 Å². The third kappa shape index (κ3) is 2.74. The van der Waals surface area contributed by atoms with Crippen LogP contribution in [-0.2, 0) is 0 Å². The van der Waals surface area contributed by atoms with Crippen LogP contribution in [0.4, 0.5) is 5.69 Å². The minimum atomic E-state index is 0.768. The van der Waals surface area contributed by atoms with E-state index in [-0.39, 0.29) is 0 Å². The Morgan fingerprint density at radius 3 is 3.08 bits per heavy atom. The van der Waals surface area contributed by atoms with Crippen molar-refractivity contribution in [3.8, 4) is 0 Å². The minimum absolute atomic E-state index is 0.768. The number of hydrogen-bond donors (Lipinski definition) is 1. The Morgan fingerprint density at radius 2 is 2.42 bits per heavy atom. The number of benzene rings is 1. The van der Waals surface area contributed by atoms with Gasteiger partial charge in [-0.2, -0.15) is 0 Å². The van der Waals surface area contributed by atoms with Crippen molar-refractivity contribution in [3.63, 3.8) is 0 Å². The van der Waals surface area contributed by atoms with Gasteiger partial charge < -0.3 is 5.32 Å². The van der Waals surface area contributed by atoms with Crippen molar-refractivity contribution in [1.82, 2.24) is 0 Å². The molecule has 0 aliphatic rings. The van der Waals surface area contributed by atoms with Gasteiger partial charge in [-0.05, 0) is 24.6 Å². The highest BCUT2D eigenvalue weighted by atomic mass is 35.5. The Kier molecular flexibility index (Phi) is 3.95. The van der Waals surface area contributed by atoms with E-state index in [0.29, 0.717) is 0 Å². The van der Waals surface area contributed by atoms with Crippen LogP contribution >= 0.6 is 11.6 Å². The fourth-order valence-electron chi connectivity index (χ4n) is 0.947. The van der Waals surface area contributed by atoms with Gasteiger partial charge in [0.15, 0.2) is 0 Å². The zero-order valence-corrected chi connectivity index (χ0v) is 7.99. The second kappa shape index (κ2) is 5.04. The van der Waals surface area contributed by atoms with Crippen molar-refractivity contribution < 1.29 is 0 Å². The van der Waals surface area contributed by atoms with Gasteiger partial charge in [-0.1, -0.05) is 31.0 Å². The van der Waals surface area contributed by atoms with Gasteiger partial charge in [0.2, 0.25) is 0 Å². The first-order valence-electron chi connectivity index (χ1n) is 4.24. The van der Waals surface area contributed by atoms with Crippen LogP contribution in [0.1, 0.15) is 19.8 Å². The Bertz CT molecular complexity index is 235. The number of unbranched alkanes of at least 4 members (excludes halogenated alkanes) is 1. The molecule has 0 aliphatic carbocycles. The molecule has 1 rings (SSSR count). The number of rotatable bonds is 4. The van der Waals surface area contributed by atoms with Crippen molar-refractivity contribution in [2.75, 3.05) is 11.9 Å². The molecule has 0 amide bonds. The average Bonchev–Trinajstić information content (AvgIpc) is 2.09. The first-order chi connectivity index (χ1) is 5.84. The maximum absolute atomic E-state index is 5.92. The van der Waals surface area contributed by atoms with Crippen LogP contribution in [0.25, 0.3) is 0 Å². The molecule has 0 aliphatic heterocycles. The lowest BCUT2D eigenvalue weighted by molar-refractivity contribution is 0.834. The second-order valence-corrected chi connectivity index (χ2v) is 3.09. The second-order valence-electron chi connectivity index (χ2n) is 2.69. The normalized spacial score (nSPS) is 9.83. The molecule has 0 unspecified atom stereocenters. The lowest BCUT2D eigenvalue weighted by Crippen LogP contribution is -2.00. The Labute approximate surface area is 78.7 Å². The topological polar surface area (TPSA) is 12.0 Å². The maximum Gasteiger partial charge on any atom is 0.0637 e. The molecule has 1 aromatic carbocycles. The van der Waals surface area contributed by atoms with Gasteiger partial charge in [0.25, 0.3) is 0 Å². The molecular weight excluding hydrogens is 170 g/mol. The van der Waals surface area contributed by atoms with Crippen molar-refractivity contribution in [2.45, 2.75) is 19.8 Å². The third-order valence-electron chi connectivity index (χ3n) is 1.66. The summed E-state index contributed by atoms with van der Waals surface area (Å²) in [4.78, 5) is 0. The molecule has 0 fully saturated rings. The van der Waals surface area contributed by atoms with E-state index < -0.39 is 0 Å². The molecule has 1 N–H and O–H groups in total. The maximum atomic E-state index is 5.92. The highest BCUT2D eigenvalue weighted by molar-refractivity contribution is 6.33. The van der Waals surface area contributed by atoms with Crippen LogP contribution in [0, 0.1) is 6.07 Å². The van der Waals surface area contributed by atoms with Crippen LogP contribution < -0.4 is 5.32 Å². The van der Waals surface area contributed by atoms with Crippen LogP contribution in [0.3, 0.4) is 0 Å². The van der Waals surface area contributed by atoms with E-state index in [2.05, 4.69) is 18.3 Å². The van der Waals surface area contributed by atoms with Gasteiger partial charge in [-0.15, -0.1) is 0 Å². The Hall–Kier alpha value is -0.690. The molecule has 65 valence electrons. The summed E-state index contributed by atoms with van der Waals surface area (Å²) in [5, 5.41) is 4.02. The summed E-state index contributed by atoms with van der Waals surface area (Å²) in [5.74, 6) is 0. The smallest absolute Gasteiger partial charge is 0.0637 e. The van der Waals surface area contributed by atoms with Crippen molar-refractivity contribution >= 4 is 17.3 Å². The molecule has 1 radical (unpaired) electrons. The van der Waals surface area contributed by atoms with Gasteiger partial charge in [0, 0.05) is 6.54 Å². The molecule has 0 saturated carbocycles. The predicted molar refractivity (Wildman–Crippen MR) is 53.7 cm³/mol. The molecule has 1 aromatic rings. The quantitative estimate of drug-likeness (QED) is 0.705. The lowest BCUT2D eigenvalue weighted by Gasteiger charge is -2.06. The summed E-state index contributed by atoms with van der Waals surface area (Å²) in [7, 11) is 0. The summed E-state index contributed by atoms with van der Waals surface area (Å²) < 4.78 is 0. The lowest BCUT2D eigenvalue weighted by atomic mass is 10.3. The molecular formula is C10H13ClN. The SMILES string of the molecule is CCCCNc1c[c]ccc1Cl. The van der Waals surface area contributed by atoms with E-state index >= 15 is 0 Å². The van der Waals surface area contributed by atoms with Crippen molar-refractivity contribution in [2.24, 2.45) is 0 Å². The van der Waals surface area contributed by atoms with Gasteiger partial charge in [0.05, 0.1) is 10.7 Å². The largest absolute Gasteiger partial charge is 0.384 e. The van der Waals surface area contributed by atoms with Crippen LogP contribution in [-0.4, -0.2) is 6.54 Å². The third-order valence-corrected chi connectivity index (χ3v) is 1.99. The van der Waals surface area contributed by atoms with Crippen molar-refractivity contribution in [3.05, 3.63) is 29.3 Å². The van der Waals surface area contributed by atoms with E-state index in [9.17, 15) is 0 Å². The fraction of sp³-hybridized carbons (Fsp3) is 0.400. The van der Waals surface area contributed by atoms with Gasteiger partial charge in [0.1, 0.15) is 0 Å². The zero-order chi connectivity index (χ0) is 8.81. The number of nitrogens with one attached hydrogen (secondary N) is 1.